The number of halogens is 1. The molecule has 1 rings (SSSR count). The molecule has 3 amide bonds. The molecule has 0 aliphatic carbocycles. The number of ether oxygens (including phenoxy) is 1. The van der Waals surface area contributed by atoms with Crippen molar-refractivity contribution in [3.8, 4) is 5.75 Å². The molecular weight excluding hydrogens is 312 g/mol. The summed E-state index contributed by atoms with van der Waals surface area (Å²) in [6.07, 6.45) is 0. The minimum atomic E-state index is -0.505. The largest absolute Gasteiger partial charge is 0.483 e. The lowest BCUT2D eigenvalue weighted by atomic mass is 10.2. The summed E-state index contributed by atoms with van der Waals surface area (Å²) in [6, 6.07) is 6.68. The molecule has 0 unspecified atom stereocenters. The number of benzene rings is 1. The lowest BCUT2D eigenvalue weighted by Crippen LogP contribution is -2.42. The van der Waals surface area contributed by atoms with Crippen LogP contribution >= 0.6 is 15.9 Å². The summed E-state index contributed by atoms with van der Waals surface area (Å²) < 4.78 is 6.04. The second-order valence-electron chi connectivity index (χ2n) is 4.37. The summed E-state index contributed by atoms with van der Waals surface area (Å²) in [5, 5.41) is 4.78. The average molecular weight is 329 g/mol. The molecule has 1 aromatic carbocycles. The minimum Gasteiger partial charge on any atom is -0.483 e. The van der Waals surface area contributed by atoms with Gasteiger partial charge in [0.1, 0.15) is 5.75 Å². The quantitative estimate of drug-likeness (QED) is 0.871. The molecule has 5 nitrogen and oxygen atoms in total. The van der Waals surface area contributed by atoms with Crippen molar-refractivity contribution in [3.63, 3.8) is 0 Å². The van der Waals surface area contributed by atoms with Gasteiger partial charge in [-0.05, 0) is 34.0 Å². The number of carbonyl (C=O) groups excluding carboxylic acids is 2. The summed E-state index contributed by atoms with van der Waals surface area (Å²) in [7, 11) is 0. The van der Waals surface area contributed by atoms with E-state index in [1.807, 2.05) is 26.0 Å². The highest BCUT2D eigenvalue weighted by Crippen LogP contribution is 2.23. The van der Waals surface area contributed by atoms with Crippen LogP contribution in [0.25, 0.3) is 0 Å². The van der Waals surface area contributed by atoms with Gasteiger partial charge in [0.25, 0.3) is 5.91 Å². The van der Waals surface area contributed by atoms with Crippen molar-refractivity contribution < 1.29 is 14.3 Å². The van der Waals surface area contributed by atoms with E-state index in [-0.39, 0.29) is 6.61 Å². The number of para-hydroxylation sites is 1. The molecule has 6 heteroatoms. The van der Waals surface area contributed by atoms with Gasteiger partial charge in [-0.25, -0.2) is 4.79 Å². The van der Waals surface area contributed by atoms with E-state index < -0.39 is 11.9 Å². The van der Waals surface area contributed by atoms with Gasteiger partial charge >= 0.3 is 6.03 Å². The second-order valence-corrected chi connectivity index (χ2v) is 5.23. The number of nitrogens with one attached hydrogen (secondary N) is 2. The zero-order valence-corrected chi connectivity index (χ0v) is 12.5. The molecule has 0 radical (unpaired) electrons. The SMILES string of the molecule is CC(C)CNC(=O)NC(=O)COc1ccccc1Br. The van der Waals surface area contributed by atoms with Crippen LogP contribution in [0.1, 0.15) is 13.8 Å². The Morgan fingerprint density at radius 1 is 1.32 bits per heavy atom. The first-order chi connectivity index (χ1) is 8.99. The summed E-state index contributed by atoms with van der Waals surface area (Å²) in [4.78, 5) is 22.8. The zero-order chi connectivity index (χ0) is 14.3. The molecule has 104 valence electrons. The van der Waals surface area contributed by atoms with Crippen LogP contribution < -0.4 is 15.4 Å². The Bertz CT molecular complexity index is 449. The number of hydrogen-bond acceptors (Lipinski definition) is 3. The predicted octanol–water partition coefficient (Wildman–Crippen LogP) is 2.31. The first kappa shape index (κ1) is 15.5. The van der Waals surface area contributed by atoms with E-state index in [1.165, 1.54) is 0 Å². The topological polar surface area (TPSA) is 67.4 Å². The lowest BCUT2D eigenvalue weighted by molar-refractivity contribution is -0.122. The van der Waals surface area contributed by atoms with Gasteiger partial charge < -0.3 is 10.1 Å². The summed E-state index contributed by atoms with van der Waals surface area (Å²) in [5.74, 6) is 0.398. The second kappa shape index (κ2) is 7.78. The van der Waals surface area contributed by atoms with Crippen LogP contribution in [0.3, 0.4) is 0 Å². The van der Waals surface area contributed by atoms with E-state index in [2.05, 4.69) is 26.6 Å². The third kappa shape index (κ3) is 6.24. The average Bonchev–Trinajstić information content (AvgIpc) is 2.35. The molecule has 0 spiro atoms. The fraction of sp³-hybridized carbons (Fsp3) is 0.385. The number of carbonyl (C=O) groups is 2. The Labute approximate surface area is 120 Å². The van der Waals surface area contributed by atoms with Crippen molar-refractivity contribution in [2.24, 2.45) is 5.92 Å². The number of amides is 3. The van der Waals surface area contributed by atoms with Crippen molar-refractivity contribution in [2.45, 2.75) is 13.8 Å². The van der Waals surface area contributed by atoms with Gasteiger partial charge in [-0.3, -0.25) is 10.1 Å². The van der Waals surface area contributed by atoms with Crippen molar-refractivity contribution >= 4 is 27.9 Å². The third-order valence-electron chi connectivity index (χ3n) is 2.12. The number of imide groups is 1. The number of hydrogen-bond donors (Lipinski definition) is 2. The van der Waals surface area contributed by atoms with Gasteiger partial charge in [0, 0.05) is 6.54 Å². The fourth-order valence-corrected chi connectivity index (χ4v) is 1.61. The molecule has 0 fully saturated rings. The van der Waals surface area contributed by atoms with E-state index in [0.717, 1.165) is 4.47 Å². The Morgan fingerprint density at radius 3 is 2.63 bits per heavy atom. The van der Waals surface area contributed by atoms with Gasteiger partial charge in [-0.15, -0.1) is 0 Å². The standard InChI is InChI=1S/C13H17BrN2O3/c1-9(2)7-15-13(18)16-12(17)8-19-11-6-4-3-5-10(11)14/h3-6,9H,7-8H2,1-2H3,(H2,15,16,17,18). The zero-order valence-electron chi connectivity index (χ0n) is 10.9. The molecule has 0 heterocycles. The molecule has 0 aromatic heterocycles. The van der Waals surface area contributed by atoms with E-state index >= 15 is 0 Å². The Morgan fingerprint density at radius 2 is 2.00 bits per heavy atom. The first-order valence-corrected chi connectivity index (χ1v) is 6.73. The predicted molar refractivity (Wildman–Crippen MR) is 76.0 cm³/mol. The third-order valence-corrected chi connectivity index (χ3v) is 2.77. The molecule has 0 aliphatic rings. The molecule has 0 atom stereocenters. The summed E-state index contributed by atoms with van der Waals surface area (Å²) >= 11 is 3.30. The maximum atomic E-state index is 11.5. The maximum absolute atomic E-state index is 11.5. The Balaban J connectivity index is 2.32. The smallest absolute Gasteiger partial charge is 0.321 e. The van der Waals surface area contributed by atoms with Crippen molar-refractivity contribution in [2.75, 3.05) is 13.2 Å². The van der Waals surface area contributed by atoms with Crippen LogP contribution in [0, 0.1) is 5.92 Å². The molecule has 2 N–H and O–H groups in total. The molecule has 1 aromatic rings. The minimum absolute atomic E-state index is 0.211. The van der Waals surface area contributed by atoms with Gasteiger partial charge in [0.05, 0.1) is 4.47 Å². The van der Waals surface area contributed by atoms with Gasteiger partial charge in [-0.1, -0.05) is 26.0 Å². The molecule has 0 aliphatic heterocycles. The normalized spacial score (nSPS) is 10.1. The van der Waals surface area contributed by atoms with Crippen molar-refractivity contribution in [3.05, 3.63) is 28.7 Å². The highest BCUT2D eigenvalue weighted by Gasteiger charge is 2.09. The van der Waals surface area contributed by atoms with E-state index in [4.69, 9.17) is 4.74 Å². The van der Waals surface area contributed by atoms with Crippen LogP contribution in [0.5, 0.6) is 5.75 Å². The van der Waals surface area contributed by atoms with E-state index in [1.54, 1.807) is 12.1 Å². The van der Waals surface area contributed by atoms with Crippen LogP contribution in [0.2, 0.25) is 0 Å². The maximum Gasteiger partial charge on any atom is 0.321 e. The van der Waals surface area contributed by atoms with Crippen LogP contribution in [-0.2, 0) is 4.79 Å². The Kier molecular flexibility index (Phi) is 6.35. The molecule has 0 bridgehead atoms. The monoisotopic (exact) mass is 328 g/mol. The van der Waals surface area contributed by atoms with Crippen LogP contribution in [0.4, 0.5) is 4.79 Å². The van der Waals surface area contributed by atoms with Gasteiger partial charge in [0.15, 0.2) is 6.61 Å². The molecule has 0 saturated heterocycles. The van der Waals surface area contributed by atoms with Crippen molar-refractivity contribution in [1.82, 2.24) is 10.6 Å². The summed E-state index contributed by atoms with van der Waals surface area (Å²) in [6.45, 7) is 4.25. The fourth-order valence-electron chi connectivity index (χ4n) is 1.21. The number of urea groups is 1. The van der Waals surface area contributed by atoms with Gasteiger partial charge in [-0.2, -0.15) is 0 Å². The van der Waals surface area contributed by atoms with Crippen LogP contribution in [-0.4, -0.2) is 25.1 Å². The molecule has 19 heavy (non-hydrogen) atoms. The van der Waals surface area contributed by atoms with E-state index in [0.29, 0.717) is 18.2 Å². The van der Waals surface area contributed by atoms with Gasteiger partial charge in [0.2, 0.25) is 0 Å². The lowest BCUT2D eigenvalue weighted by Gasteiger charge is -2.10. The highest BCUT2D eigenvalue weighted by atomic mass is 79.9. The molecule has 0 saturated carbocycles. The van der Waals surface area contributed by atoms with Crippen LogP contribution in [0.15, 0.2) is 28.7 Å². The molecular formula is C13H17BrN2O3. The highest BCUT2D eigenvalue weighted by molar-refractivity contribution is 9.10. The summed E-state index contributed by atoms with van der Waals surface area (Å²) in [5.41, 5.74) is 0. The van der Waals surface area contributed by atoms with E-state index in [9.17, 15) is 9.59 Å². The van der Waals surface area contributed by atoms with Crippen molar-refractivity contribution in [1.29, 1.82) is 0 Å². The number of rotatable bonds is 5. The Hall–Kier alpha value is -1.56. The first-order valence-electron chi connectivity index (χ1n) is 5.94.